The molecule has 0 fully saturated rings. The van der Waals surface area contributed by atoms with E-state index >= 15 is 0 Å². The standard InChI is InChI=1S/C23H21N/c1-23(2,3)22-14-20(18-7-5-4-6-8-18)13-21(15-22)19-11-9-17(16-24)10-12-19/h4-15H,1-3H3. The molecule has 3 rings (SSSR count). The van der Waals surface area contributed by atoms with E-state index in [9.17, 15) is 0 Å². The molecule has 0 aliphatic rings. The van der Waals surface area contributed by atoms with Crippen molar-refractivity contribution in [2.45, 2.75) is 26.2 Å². The minimum Gasteiger partial charge on any atom is -0.192 e. The van der Waals surface area contributed by atoms with Gasteiger partial charge in [0.25, 0.3) is 0 Å². The van der Waals surface area contributed by atoms with Crippen LogP contribution in [0.25, 0.3) is 22.3 Å². The average molecular weight is 311 g/mol. The minimum atomic E-state index is 0.0755. The van der Waals surface area contributed by atoms with Crippen molar-refractivity contribution in [3.63, 3.8) is 0 Å². The lowest BCUT2D eigenvalue weighted by atomic mass is 9.83. The van der Waals surface area contributed by atoms with Crippen molar-refractivity contribution in [1.82, 2.24) is 0 Å². The molecule has 3 aromatic carbocycles. The molecule has 0 radical (unpaired) electrons. The summed E-state index contributed by atoms with van der Waals surface area (Å²) < 4.78 is 0. The SMILES string of the molecule is CC(C)(C)c1cc(-c2ccccc2)cc(-c2ccc(C#N)cc2)c1. The molecule has 0 bridgehead atoms. The van der Waals surface area contributed by atoms with Crippen molar-refractivity contribution in [2.75, 3.05) is 0 Å². The molecule has 0 heterocycles. The fourth-order valence-corrected chi connectivity index (χ4v) is 2.76. The van der Waals surface area contributed by atoms with Crippen LogP contribution in [0.1, 0.15) is 31.9 Å². The van der Waals surface area contributed by atoms with Gasteiger partial charge >= 0.3 is 0 Å². The molecule has 24 heavy (non-hydrogen) atoms. The molecule has 0 aliphatic carbocycles. The Morgan fingerprint density at radius 2 is 1.21 bits per heavy atom. The van der Waals surface area contributed by atoms with Gasteiger partial charge in [0.1, 0.15) is 0 Å². The molecule has 1 nitrogen and oxygen atoms in total. The van der Waals surface area contributed by atoms with Gasteiger partial charge in [0.15, 0.2) is 0 Å². The summed E-state index contributed by atoms with van der Waals surface area (Å²) in [7, 11) is 0. The number of hydrogen-bond acceptors (Lipinski definition) is 1. The molecule has 1 heteroatoms. The van der Waals surface area contributed by atoms with E-state index in [2.05, 4.69) is 69.3 Å². The predicted molar refractivity (Wildman–Crippen MR) is 101 cm³/mol. The number of hydrogen-bond donors (Lipinski definition) is 0. The highest BCUT2D eigenvalue weighted by atomic mass is 14.2. The lowest BCUT2D eigenvalue weighted by Gasteiger charge is -2.21. The molecule has 3 aromatic rings. The van der Waals surface area contributed by atoms with Gasteiger partial charge in [-0.2, -0.15) is 5.26 Å². The quantitative estimate of drug-likeness (QED) is 0.553. The zero-order chi connectivity index (χ0) is 17.2. The monoisotopic (exact) mass is 311 g/mol. The Morgan fingerprint density at radius 3 is 1.71 bits per heavy atom. The Hall–Kier alpha value is -2.85. The molecule has 0 saturated heterocycles. The second kappa shape index (κ2) is 6.34. The summed E-state index contributed by atoms with van der Waals surface area (Å²) in [5.74, 6) is 0. The van der Waals surface area contributed by atoms with Crippen molar-refractivity contribution >= 4 is 0 Å². The van der Waals surface area contributed by atoms with Crippen LogP contribution in [0, 0.1) is 11.3 Å². The first kappa shape index (κ1) is 16.0. The van der Waals surface area contributed by atoms with Crippen LogP contribution in [0.2, 0.25) is 0 Å². The lowest BCUT2D eigenvalue weighted by Crippen LogP contribution is -2.11. The number of nitriles is 1. The normalized spacial score (nSPS) is 11.1. The summed E-state index contributed by atoms with van der Waals surface area (Å²) in [5.41, 5.74) is 6.84. The second-order valence-corrected chi connectivity index (χ2v) is 7.10. The molecule has 0 atom stereocenters. The van der Waals surface area contributed by atoms with Gasteiger partial charge in [-0.3, -0.25) is 0 Å². The zero-order valence-electron chi connectivity index (χ0n) is 14.4. The van der Waals surface area contributed by atoms with Crippen LogP contribution >= 0.6 is 0 Å². The Labute approximate surface area is 144 Å². The molecule has 0 N–H and O–H groups in total. The van der Waals surface area contributed by atoms with Crippen LogP contribution in [0.5, 0.6) is 0 Å². The van der Waals surface area contributed by atoms with Gasteiger partial charge in [-0.05, 0) is 51.4 Å². The summed E-state index contributed by atoms with van der Waals surface area (Å²) >= 11 is 0. The van der Waals surface area contributed by atoms with Crippen LogP contribution in [-0.4, -0.2) is 0 Å². The number of rotatable bonds is 2. The van der Waals surface area contributed by atoms with Crippen molar-refractivity contribution in [1.29, 1.82) is 5.26 Å². The van der Waals surface area contributed by atoms with Gasteiger partial charge in [0, 0.05) is 0 Å². The van der Waals surface area contributed by atoms with E-state index < -0.39 is 0 Å². The molecule has 0 saturated carbocycles. The molecule has 118 valence electrons. The first-order valence-corrected chi connectivity index (χ1v) is 8.19. The van der Waals surface area contributed by atoms with Crippen molar-refractivity contribution in [3.8, 4) is 28.3 Å². The third-order valence-electron chi connectivity index (χ3n) is 4.25. The summed E-state index contributed by atoms with van der Waals surface area (Å²) in [6.07, 6.45) is 0. The molecule has 0 amide bonds. The van der Waals surface area contributed by atoms with Gasteiger partial charge in [-0.1, -0.05) is 75.4 Å². The van der Waals surface area contributed by atoms with E-state index in [1.807, 2.05) is 30.3 Å². The van der Waals surface area contributed by atoms with Gasteiger partial charge in [-0.25, -0.2) is 0 Å². The van der Waals surface area contributed by atoms with Crippen LogP contribution in [-0.2, 0) is 5.41 Å². The van der Waals surface area contributed by atoms with Crippen LogP contribution in [0.3, 0.4) is 0 Å². The van der Waals surface area contributed by atoms with Gasteiger partial charge in [0.05, 0.1) is 11.6 Å². The highest BCUT2D eigenvalue weighted by Gasteiger charge is 2.16. The van der Waals surface area contributed by atoms with Gasteiger partial charge in [0.2, 0.25) is 0 Å². The van der Waals surface area contributed by atoms with Gasteiger partial charge < -0.3 is 0 Å². The first-order valence-electron chi connectivity index (χ1n) is 8.19. The first-order chi connectivity index (χ1) is 11.5. The van der Waals surface area contributed by atoms with Crippen LogP contribution in [0.4, 0.5) is 0 Å². The third-order valence-corrected chi connectivity index (χ3v) is 4.25. The van der Waals surface area contributed by atoms with E-state index in [0.29, 0.717) is 5.56 Å². The third kappa shape index (κ3) is 3.39. The lowest BCUT2D eigenvalue weighted by molar-refractivity contribution is 0.590. The minimum absolute atomic E-state index is 0.0755. The van der Waals surface area contributed by atoms with Crippen molar-refractivity contribution in [3.05, 3.63) is 83.9 Å². The van der Waals surface area contributed by atoms with Crippen LogP contribution < -0.4 is 0 Å². The molecule has 0 unspecified atom stereocenters. The fourth-order valence-electron chi connectivity index (χ4n) is 2.76. The van der Waals surface area contributed by atoms with E-state index in [4.69, 9.17) is 5.26 Å². The van der Waals surface area contributed by atoms with E-state index in [-0.39, 0.29) is 5.41 Å². The molecular formula is C23H21N. The molecular weight excluding hydrogens is 290 g/mol. The fraction of sp³-hybridized carbons (Fsp3) is 0.174. The average Bonchev–Trinajstić information content (AvgIpc) is 2.61. The highest BCUT2D eigenvalue weighted by molar-refractivity contribution is 5.74. The highest BCUT2D eigenvalue weighted by Crippen LogP contribution is 2.33. The summed E-state index contributed by atoms with van der Waals surface area (Å²) in [6, 6.07) is 27.2. The maximum atomic E-state index is 8.99. The topological polar surface area (TPSA) is 23.8 Å². The summed E-state index contributed by atoms with van der Waals surface area (Å²) in [6.45, 7) is 6.71. The molecule has 0 aromatic heterocycles. The number of nitrogens with zero attached hydrogens (tertiary/aromatic N) is 1. The summed E-state index contributed by atoms with van der Waals surface area (Å²) in [5, 5.41) is 8.99. The van der Waals surface area contributed by atoms with E-state index in [1.165, 1.54) is 22.3 Å². The number of benzene rings is 3. The predicted octanol–water partition coefficient (Wildman–Crippen LogP) is 6.19. The Bertz CT molecular complexity index is 876. The van der Waals surface area contributed by atoms with Crippen molar-refractivity contribution in [2.24, 2.45) is 0 Å². The zero-order valence-corrected chi connectivity index (χ0v) is 14.4. The van der Waals surface area contributed by atoms with Gasteiger partial charge in [-0.15, -0.1) is 0 Å². The smallest absolute Gasteiger partial charge is 0.0991 e. The van der Waals surface area contributed by atoms with E-state index in [0.717, 1.165) is 5.56 Å². The Balaban J connectivity index is 2.16. The van der Waals surface area contributed by atoms with E-state index in [1.54, 1.807) is 0 Å². The van der Waals surface area contributed by atoms with Crippen molar-refractivity contribution < 1.29 is 0 Å². The Kier molecular flexibility index (Phi) is 4.23. The largest absolute Gasteiger partial charge is 0.192 e. The Morgan fingerprint density at radius 1 is 0.667 bits per heavy atom. The molecule has 0 aliphatic heterocycles. The summed E-state index contributed by atoms with van der Waals surface area (Å²) in [4.78, 5) is 0. The second-order valence-electron chi connectivity index (χ2n) is 7.10. The molecule has 0 spiro atoms. The maximum absolute atomic E-state index is 8.99. The maximum Gasteiger partial charge on any atom is 0.0991 e. The van der Waals surface area contributed by atoms with Crippen LogP contribution in [0.15, 0.2) is 72.8 Å².